The van der Waals surface area contributed by atoms with Crippen molar-refractivity contribution < 1.29 is 0 Å². The smallest absolute Gasteiger partial charge is 0.114 e. The zero-order valence-corrected chi connectivity index (χ0v) is 17.9. The zero-order valence-electron chi connectivity index (χ0n) is 14.7. The Morgan fingerprint density at radius 1 is 1.22 bits per heavy atom. The Hall–Kier alpha value is -2.19. The molecule has 1 aliphatic heterocycles. The van der Waals surface area contributed by atoms with Crippen molar-refractivity contribution in [1.82, 2.24) is 4.98 Å². The molecule has 27 heavy (non-hydrogen) atoms. The van der Waals surface area contributed by atoms with E-state index in [-0.39, 0.29) is 5.92 Å². The first-order chi connectivity index (χ1) is 13.0. The van der Waals surface area contributed by atoms with Crippen molar-refractivity contribution >= 4 is 44.4 Å². The van der Waals surface area contributed by atoms with E-state index in [1.807, 2.05) is 49.6 Å². The Balaban J connectivity index is 2.13. The number of aromatic nitrogens is 1. The zero-order chi connectivity index (χ0) is 19.6. The Labute approximate surface area is 175 Å². The molecule has 1 unspecified atom stereocenters. The van der Waals surface area contributed by atoms with Gasteiger partial charge < -0.3 is 5.73 Å². The molecule has 0 spiro atoms. The molecule has 3 rings (SSSR count). The van der Waals surface area contributed by atoms with Crippen LogP contribution < -0.4 is 5.73 Å². The fraction of sp³-hybridized carbons (Fsp3) is 0.150. The molecule has 2 N–H and O–H groups in total. The van der Waals surface area contributed by atoms with Gasteiger partial charge in [0.2, 0.25) is 0 Å². The quantitative estimate of drug-likeness (QED) is 0.631. The predicted octanol–water partition coefficient (Wildman–Crippen LogP) is 5.31. The molecule has 0 saturated heterocycles. The first-order valence-electron chi connectivity index (χ1n) is 7.99. The molecule has 0 bridgehead atoms. The molecule has 1 aliphatic rings. The standard InChI is InChI=1S/C20H15BrN4S2/c1-11-15(7-13(9-22)20(25-11)26-2)18-8-16(17(10-23)19(24)27-18)12-3-5-14(21)6-4-12/h3-8,16H,24H2,1-2H3. The number of hydrogen-bond donors (Lipinski definition) is 1. The van der Waals surface area contributed by atoms with Crippen LogP contribution in [-0.2, 0) is 0 Å². The maximum absolute atomic E-state index is 9.61. The number of aryl methyl sites for hydroxylation is 1. The number of nitrogens with two attached hydrogens (primary N) is 1. The van der Waals surface area contributed by atoms with Gasteiger partial charge in [-0.25, -0.2) is 4.98 Å². The topological polar surface area (TPSA) is 86.5 Å². The van der Waals surface area contributed by atoms with Crippen LogP contribution in [0.1, 0.15) is 28.3 Å². The van der Waals surface area contributed by atoms with E-state index in [0.29, 0.717) is 21.2 Å². The summed E-state index contributed by atoms with van der Waals surface area (Å²) >= 11 is 6.24. The van der Waals surface area contributed by atoms with E-state index in [1.165, 1.54) is 23.5 Å². The number of nitriles is 2. The van der Waals surface area contributed by atoms with Crippen molar-refractivity contribution in [1.29, 1.82) is 10.5 Å². The lowest BCUT2D eigenvalue weighted by Gasteiger charge is -2.23. The van der Waals surface area contributed by atoms with Crippen LogP contribution in [0.5, 0.6) is 0 Å². The van der Waals surface area contributed by atoms with Gasteiger partial charge >= 0.3 is 0 Å². The monoisotopic (exact) mass is 454 g/mol. The number of halogens is 1. The predicted molar refractivity (Wildman–Crippen MR) is 115 cm³/mol. The summed E-state index contributed by atoms with van der Waals surface area (Å²) in [6, 6.07) is 14.2. The number of hydrogen-bond acceptors (Lipinski definition) is 6. The molecule has 7 heteroatoms. The molecule has 0 amide bonds. The van der Waals surface area contributed by atoms with Gasteiger partial charge in [-0.2, -0.15) is 10.5 Å². The van der Waals surface area contributed by atoms with Crippen LogP contribution in [-0.4, -0.2) is 11.2 Å². The van der Waals surface area contributed by atoms with Crippen LogP contribution >= 0.6 is 39.5 Å². The van der Waals surface area contributed by atoms with Crippen LogP contribution in [0.25, 0.3) is 4.91 Å². The lowest BCUT2D eigenvalue weighted by molar-refractivity contribution is 1.01. The van der Waals surface area contributed by atoms with Gasteiger partial charge in [0, 0.05) is 26.6 Å². The van der Waals surface area contributed by atoms with Crippen molar-refractivity contribution in [3.8, 4) is 12.1 Å². The second-order valence-corrected chi connectivity index (χ2v) is 8.64. The van der Waals surface area contributed by atoms with Crippen molar-refractivity contribution in [2.24, 2.45) is 5.73 Å². The molecule has 0 fully saturated rings. The number of nitrogens with zero attached hydrogens (tertiary/aromatic N) is 3. The normalized spacial score (nSPS) is 16.5. The van der Waals surface area contributed by atoms with Crippen LogP contribution in [0.4, 0.5) is 0 Å². The van der Waals surface area contributed by atoms with Gasteiger partial charge in [-0.1, -0.05) is 45.9 Å². The Morgan fingerprint density at radius 2 is 1.93 bits per heavy atom. The summed E-state index contributed by atoms with van der Waals surface area (Å²) in [5.41, 5.74) is 10.0. The fourth-order valence-corrected chi connectivity index (χ4v) is 4.72. The van der Waals surface area contributed by atoms with Gasteiger partial charge in [0.25, 0.3) is 0 Å². The van der Waals surface area contributed by atoms with E-state index in [9.17, 15) is 10.5 Å². The molecule has 4 nitrogen and oxygen atoms in total. The van der Waals surface area contributed by atoms with Crippen molar-refractivity contribution in [2.45, 2.75) is 17.9 Å². The third kappa shape index (κ3) is 3.91. The SMILES string of the molecule is CSc1nc(C)c(C2=CC(c3ccc(Br)cc3)C(C#N)=C(N)S2)cc1C#N. The van der Waals surface area contributed by atoms with Gasteiger partial charge in [0.15, 0.2) is 0 Å². The molecule has 1 atom stereocenters. The third-order valence-corrected chi connectivity index (χ3v) is 6.46. The number of thioether (sulfide) groups is 2. The third-order valence-electron chi connectivity index (χ3n) is 4.22. The summed E-state index contributed by atoms with van der Waals surface area (Å²) in [7, 11) is 0. The minimum Gasteiger partial charge on any atom is -0.392 e. The minimum atomic E-state index is -0.232. The van der Waals surface area contributed by atoms with Crippen molar-refractivity contribution in [2.75, 3.05) is 6.26 Å². The van der Waals surface area contributed by atoms with Crippen LogP contribution in [0.3, 0.4) is 0 Å². The highest BCUT2D eigenvalue weighted by Crippen LogP contribution is 2.45. The number of pyridine rings is 1. The summed E-state index contributed by atoms with van der Waals surface area (Å²) in [5, 5.41) is 20.2. The van der Waals surface area contributed by atoms with Crippen molar-refractivity contribution in [3.05, 3.63) is 73.9 Å². The van der Waals surface area contributed by atoms with E-state index < -0.39 is 0 Å². The lowest BCUT2D eigenvalue weighted by Crippen LogP contribution is -2.11. The average Bonchev–Trinajstić information content (AvgIpc) is 2.67. The van der Waals surface area contributed by atoms with Gasteiger partial charge in [0.1, 0.15) is 11.1 Å². The van der Waals surface area contributed by atoms with Gasteiger partial charge in [-0.3, -0.25) is 0 Å². The number of benzene rings is 1. The second kappa shape index (κ2) is 8.22. The maximum atomic E-state index is 9.61. The highest BCUT2D eigenvalue weighted by atomic mass is 79.9. The molecular weight excluding hydrogens is 440 g/mol. The molecule has 134 valence electrons. The minimum absolute atomic E-state index is 0.232. The van der Waals surface area contributed by atoms with Gasteiger partial charge in [-0.15, -0.1) is 11.8 Å². The van der Waals surface area contributed by atoms with E-state index in [2.05, 4.69) is 33.1 Å². The first-order valence-corrected chi connectivity index (χ1v) is 10.8. The molecule has 0 radical (unpaired) electrons. The Bertz CT molecular complexity index is 1040. The molecular formula is C20H15BrN4S2. The van der Waals surface area contributed by atoms with Gasteiger partial charge in [-0.05, 0) is 36.9 Å². The summed E-state index contributed by atoms with van der Waals surface area (Å²) in [6.07, 6.45) is 3.94. The van der Waals surface area contributed by atoms with Crippen LogP contribution in [0, 0.1) is 29.6 Å². The lowest BCUT2D eigenvalue weighted by atomic mass is 9.90. The van der Waals surface area contributed by atoms with E-state index in [0.717, 1.165) is 26.2 Å². The molecule has 0 saturated carbocycles. The highest BCUT2D eigenvalue weighted by Gasteiger charge is 2.26. The van der Waals surface area contributed by atoms with E-state index >= 15 is 0 Å². The maximum Gasteiger partial charge on any atom is 0.114 e. The summed E-state index contributed by atoms with van der Waals surface area (Å²) in [6.45, 7) is 1.92. The largest absolute Gasteiger partial charge is 0.392 e. The fourth-order valence-electron chi connectivity index (χ4n) is 2.87. The molecule has 2 heterocycles. The Kier molecular flexibility index (Phi) is 5.96. The summed E-state index contributed by atoms with van der Waals surface area (Å²) < 4.78 is 0.974. The summed E-state index contributed by atoms with van der Waals surface area (Å²) in [5.74, 6) is -0.232. The van der Waals surface area contributed by atoms with Gasteiger partial charge in [0.05, 0.1) is 22.2 Å². The summed E-state index contributed by atoms with van der Waals surface area (Å²) in [4.78, 5) is 5.48. The van der Waals surface area contributed by atoms with E-state index in [1.54, 1.807) is 0 Å². The second-order valence-electron chi connectivity index (χ2n) is 5.84. The van der Waals surface area contributed by atoms with Crippen molar-refractivity contribution in [3.63, 3.8) is 0 Å². The molecule has 0 aliphatic carbocycles. The highest BCUT2D eigenvalue weighted by molar-refractivity contribution is 9.10. The number of allylic oxidation sites excluding steroid dienone is 2. The van der Waals surface area contributed by atoms with Crippen LogP contribution in [0.15, 0.2) is 56.5 Å². The van der Waals surface area contributed by atoms with E-state index in [4.69, 9.17) is 5.73 Å². The Morgan fingerprint density at radius 3 is 2.52 bits per heavy atom. The molecule has 1 aromatic heterocycles. The molecule has 2 aromatic rings. The molecule has 1 aromatic carbocycles. The average molecular weight is 455 g/mol. The first kappa shape index (κ1) is 19.6. The van der Waals surface area contributed by atoms with Crippen LogP contribution in [0.2, 0.25) is 0 Å². The number of rotatable bonds is 3.